The van der Waals surface area contributed by atoms with Gasteiger partial charge in [0, 0.05) is 11.1 Å². The van der Waals surface area contributed by atoms with Crippen LogP contribution in [0.3, 0.4) is 0 Å². The van der Waals surface area contributed by atoms with Crippen LogP contribution < -0.4 is 16.4 Å². The number of benzene rings is 1. The van der Waals surface area contributed by atoms with Gasteiger partial charge in [0.25, 0.3) is 5.91 Å². The van der Waals surface area contributed by atoms with Crippen LogP contribution in [0, 0.1) is 0 Å². The molecular weight excluding hydrogens is 346 g/mol. The predicted octanol–water partition coefficient (Wildman–Crippen LogP) is 2.29. The summed E-state index contributed by atoms with van der Waals surface area (Å²) in [6.45, 7) is 3.54. The number of ether oxygens (including phenoxy) is 1. The molecule has 0 heterocycles. The minimum absolute atomic E-state index is 0.0227. The van der Waals surface area contributed by atoms with Crippen LogP contribution in [0.2, 0.25) is 5.02 Å². The number of carbonyl (C=O) groups excluding carboxylic acids is 3. The number of hydrogen-bond acceptors (Lipinski definition) is 4. The quantitative estimate of drug-likeness (QED) is 0.580. The van der Waals surface area contributed by atoms with Crippen molar-refractivity contribution in [3.63, 3.8) is 0 Å². The number of primary amides is 1. The Bertz CT molecular complexity index is 592. The second-order valence-electron chi connectivity index (χ2n) is 5.73. The molecule has 8 heteroatoms. The first-order chi connectivity index (χ1) is 11.8. The molecule has 7 nitrogen and oxygen atoms in total. The topological polar surface area (TPSA) is 111 Å². The van der Waals surface area contributed by atoms with Gasteiger partial charge in [-0.25, -0.2) is 4.79 Å². The van der Waals surface area contributed by atoms with E-state index in [0.29, 0.717) is 10.6 Å². The lowest BCUT2D eigenvalue weighted by Gasteiger charge is -2.18. The average Bonchev–Trinajstić information content (AvgIpc) is 2.53. The summed E-state index contributed by atoms with van der Waals surface area (Å²) in [6, 6.07) is 5.23. The van der Waals surface area contributed by atoms with E-state index in [2.05, 4.69) is 10.6 Å². The van der Waals surface area contributed by atoms with E-state index in [4.69, 9.17) is 22.1 Å². The van der Waals surface area contributed by atoms with E-state index in [0.717, 1.165) is 12.8 Å². The molecular formula is C17H24ClN3O4. The average molecular weight is 370 g/mol. The Balaban J connectivity index is 2.56. The highest BCUT2D eigenvalue weighted by atomic mass is 35.5. The zero-order valence-corrected chi connectivity index (χ0v) is 15.1. The summed E-state index contributed by atoms with van der Waals surface area (Å²) >= 11 is 5.83. The van der Waals surface area contributed by atoms with Crippen molar-refractivity contribution < 1.29 is 19.1 Å². The van der Waals surface area contributed by atoms with Gasteiger partial charge in [-0.15, -0.1) is 0 Å². The second-order valence-corrected chi connectivity index (χ2v) is 6.17. The molecule has 0 saturated heterocycles. The summed E-state index contributed by atoms with van der Waals surface area (Å²) in [4.78, 5) is 34.8. The van der Waals surface area contributed by atoms with Gasteiger partial charge in [0.05, 0.1) is 12.5 Å². The molecule has 2 atom stereocenters. The molecule has 4 N–H and O–H groups in total. The Labute approximate surface area is 152 Å². The van der Waals surface area contributed by atoms with E-state index in [-0.39, 0.29) is 25.0 Å². The summed E-state index contributed by atoms with van der Waals surface area (Å²) in [5.41, 5.74) is 5.80. The van der Waals surface area contributed by atoms with Gasteiger partial charge in [0.1, 0.15) is 0 Å². The van der Waals surface area contributed by atoms with Crippen molar-refractivity contribution in [1.82, 2.24) is 10.6 Å². The maximum Gasteiger partial charge on any atom is 0.312 e. The first-order valence-electron chi connectivity index (χ1n) is 8.08. The monoisotopic (exact) mass is 369 g/mol. The number of rotatable bonds is 9. The Kier molecular flexibility index (Phi) is 8.77. The number of hydrogen-bond donors (Lipinski definition) is 3. The van der Waals surface area contributed by atoms with Crippen molar-refractivity contribution in [2.75, 3.05) is 6.61 Å². The summed E-state index contributed by atoms with van der Waals surface area (Å²) < 4.78 is 4.97. The van der Waals surface area contributed by atoms with Crippen molar-refractivity contribution in [2.45, 2.75) is 45.2 Å². The van der Waals surface area contributed by atoms with Crippen molar-refractivity contribution >= 4 is 29.5 Å². The molecule has 0 aliphatic rings. The summed E-state index contributed by atoms with van der Waals surface area (Å²) in [7, 11) is 0. The molecule has 0 aromatic heterocycles. The number of carbonyl (C=O) groups is 3. The lowest BCUT2D eigenvalue weighted by atomic mass is 10.0. The molecule has 0 bridgehead atoms. The van der Waals surface area contributed by atoms with Gasteiger partial charge in [-0.2, -0.15) is 0 Å². The van der Waals surface area contributed by atoms with E-state index in [1.54, 1.807) is 24.3 Å². The third-order valence-corrected chi connectivity index (χ3v) is 3.70. The predicted molar refractivity (Wildman–Crippen MR) is 95.0 cm³/mol. The maximum absolute atomic E-state index is 12.0. The molecule has 0 fully saturated rings. The fourth-order valence-electron chi connectivity index (χ4n) is 2.31. The van der Waals surface area contributed by atoms with Crippen LogP contribution in [-0.4, -0.2) is 30.6 Å². The van der Waals surface area contributed by atoms with Crippen LogP contribution in [-0.2, 0) is 14.3 Å². The van der Waals surface area contributed by atoms with Crippen LogP contribution in [0.25, 0.3) is 0 Å². The van der Waals surface area contributed by atoms with E-state index >= 15 is 0 Å². The highest BCUT2D eigenvalue weighted by Gasteiger charge is 2.19. The number of esters is 1. The lowest BCUT2D eigenvalue weighted by Crippen LogP contribution is -2.37. The second kappa shape index (κ2) is 10.6. The van der Waals surface area contributed by atoms with Crippen molar-refractivity contribution in [1.29, 1.82) is 0 Å². The van der Waals surface area contributed by atoms with Crippen LogP contribution in [0.15, 0.2) is 24.3 Å². The van der Waals surface area contributed by atoms with Gasteiger partial charge in [-0.1, -0.05) is 37.1 Å². The SMILES string of the molecule is CCC[C@H](C)NC(=O)COC(=O)C[C@@H](NC(N)=O)c1ccc(Cl)cc1. The minimum Gasteiger partial charge on any atom is -0.456 e. The Hall–Kier alpha value is -2.28. The fourth-order valence-corrected chi connectivity index (χ4v) is 2.44. The van der Waals surface area contributed by atoms with Crippen LogP contribution in [0.5, 0.6) is 0 Å². The third kappa shape index (κ3) is 8.39. The first kappa shape index (κ1) is 20.8. The van der Waals surface area contributed by atoms with Gasteiger partial charge in [-0.05, 0) is 31.0 Å². The zero-order valence-electron chi connectivity index (χ0n) is 14.4. The molecule has 0 aliphatic heterocycles. The maximum atomic E-state index is 12.0. The fraction of sp³-hybridized carbons (Fsp3) is 0.471. The number of nitrogens with two attached hydrogens (primary N) is 1. The van der Waals surface area contributed by atoms with E-state index in [1.807, 2.05) is 13.8 Å². The number of urea groups is 1. The van der Waals surface area contributed by atoms with Crippen molar-refractivity contribution in [3.8, 4) is 0 Å². The molecule has 0 unspecified atom stereocenters. The molecule has 1 aromatic carbocycles. The normalized spacial score (nSPS) is 12.8. The minimum atomic E-state index is -0.765. The third-order valence-electron chi connectivity index (χ3n) is 3.45. The number of amides is 3. The first-order valence-corrected chi connectivity index (χ1v) is 8.46. The van der Waals surface area contributed by atoms with Crippen LogP contribution >= 0.6 is 11.6 Å². The Morgan fingerprint density at radius 1 is 1.20 bits per heavy atom. The highest BCUT2D eigenvalue weighted by molar-refractivity contribution is 6.30. The number of nitrogens with one attached hydrogen (secondary N) is 2. The van der Waals surface area contributed by atoms with Gasteiger partial charge >= 0.3 is 12.0 Å². The summed E-state index contributed by atoms with van der Waals surface area (Å²) in [5.74, 6) is -0.979. The molecule has 25 heavy (non-hydrogen) atoms. The molecule has 0 aliphatic carbocycles. The van der Waals surface area contributed by atoms with E-state index in [1.165, 1.54) is 0 Å². The smallest absolute Gasteiger partial charge is 0.312 e. The standard InChI is InChI=1S/C17H24ClN3O4/c1-3-4-11(2)20-15(22)10-25-16(23)9-14(21-17(19)24)12-5-7-13(18)8-6-12/h5-8,11,14H,3-4,9-10H2,1-2H3,(H,20,22)(H3,19,21,24)/t11-,14+/m0/s1. The Morgan fingerprint density at radius 2 is 1.84 bits per heavy atom. The highest BCUT2D eigenvalue weighted by Crippen LogP contribution is 2.19. The van der Waals surface area contributed by atoms with E-state index < -0.39 is 18.0 Å². The van der Waals surface area contributed by atoms with Crippen LogP contribution in [0.4, 0.5) is 4.79 Å². The number of halogens is 1. The molecule has 0 spiro atoms. The van der Waals surface area contributed by atoms with E-state index in [9.17, 15) is 14.4 Å². The molecule has 1 rings (SSSR count). The van der Waals surface area contributed by atoms with Crippen molar-refractivity contribution in [3.05, 3.63) is 34.9 Å². The van der Waals surface area contributed by atoms with Gasteiger partial charge in [0.15, 0.2) is 6.61 Å². The zero-order chi connectivity index (χ0) is 18.8. The molecule has 0 radical (unpaired) electrons. The molecule has 3 amide bonds. The van der Waals surface area contributed by atoms with Gasteiger partial charge in [-0.3, -0.25) is 9.59 Å². The van der Waals surface area contributed by atoms with Crippen molar-refractivity contribution in [2.24, 2.45) is 5.73 Å². The molecule has 138 valence electrons. The molecule has 0 saturated carbocycles. The summed E-state index contributed by atoms with van der Waals surface area (Å²) in [5, 5.41) is 5.75. The van der Waals surface area contributed by atoms with Crippen LogP contribution in [0.1, 0.15) is 44.7 Å². The van der Waals surface area contributed by atoms with Gasteiger partial charge in [0.2, 0.25) is 0 Å². The Morgan fingerprint density at radius 3 is 2.40 bits per heavy atom. The summed E-state index contributed by atoms with van der Waals surface area (Å²) in [6.07, 6.45) is 1.64. The largest absolute Gasteiger partial charge is 0.456 e. The van der Waals surface area contributed by atoms with Gasteiger partial charge < -0.3 is 21.1 Å². The lowest BCUT2D eigenvalue weighted by molar-refractivity contribution is -0.149. The molecule has 1 aromatic rings.